The van der Waals surface area contributed by atoms with E-state index in [1.165, 1.54) is 7.11 Å². The van der Waals surface area contributed by atoms with Gasteiger partial charge in [-0.1, -0.05) is 11.6 Å². The molecule has 122 valence electrons. The Morgan fingerprint density at radius 2 is 2.26 bits per heavy atom. The van der Waals surface area contributed by atoms with E-state index in [0.29, 0.717) is 35.2 Å². The van der Waals surface area contributed by atoms with Crippen LogP contribution in [-0.2, 0) is 0 Å². The molecular weight excluding hydrogens is 320 g/mol. The molecule has 1 aromatic heterocycles. The van der Waals surface area contributed by atoms with Gasteiger partial charge >= 0.3 is 5.69 Å². The molecule has 23 heavy (non-hydrogen) atoms. The molecule has 2 N–H and O–H groups in total. The lowest BCUT2D eigenvalue weighted by atomic mass is 9.96. The van der Waals surface area contributed by atoms with E-state index in [0.717, 1.165) is 12.8 Å². The van der Waals surface area contributed by atoms with Crippen molar-refractivity contribution in [1.82, 2.24) is 20.1 Å². The van der Waals surface area contributed by atoms with Gasteiger partial charge in [0.05, 0.1) is 7.11 Å². The Hall–Kier alpha value is -2.28. The minimum Gasteiger partial charge on any atom is -0.497 e. The van der Waals surface area contributed by atoms with Crippen LogP contribution in [0.25, 0.3) is 0 Å². The van der Waals surface area contributed by atoms with Crippen molar-refractivity contribution < 1.29 is 9.53 Å². The lowest BCUT2D eigenvalue weighted by molar-refractivity contribution is 0.0704. The molecule has 2 aromatic rings. The van der Waals surface area contributed by atoms with E-state index in [4.69, 9.17) is 16.3 Å². The van der Waals surface area contributed by atoms with Gasteiger partial charge in [0.1, 0.15) is 11.6 Å². The Kier molecular flexibility index (Phi) is 4.38. The van der Waals surface area contributed by atoms with E-state index in [1.807, 2.05) is 0 Å². The van der Waals surface area contributed by atoms with E-state index >= 15 is 0 Å². The lowest BCUT2D eigenvalue weighted by Gasteiger charge is -2.31. The molecule has 1 amide bonds. The normalized spacial score (nSPS) is 18.0. The fraction of sp³-hybridized carbons (Fsp3) is 0.400. The predicted octanol–water partition coefficient (Wildman–Crippen LogP) is 1.78. The second-order valence-electron chi connectivity index (χ2n) is 5.53. The number of ether oxygens (including phenoxy) is 1. The van der Waals surface area contributed by atoms with Crippen LogP contribution in [0, 0.1) is 0 Å². The third-order valence-electron chi connectivity index (χ3n) is 3.97. The van der Waals surface area contributed by atoms with Crippen molar-refractivity contribution in [2.75, 3.05) is 20.2 Å². The number of nitrogens with one attached hydrogen (secondary N) is 2. The van der Waals surface area contributed by atoms with Gasteiger partial charge < -0.3 is 9.64 Å². The molecule has 1 saturated heterocycles. The summed E-state index contributed by atoms with van der Waals surface area (Å²) in [5, 5.41) is 6.80. The summed E-state index contributed by atoms with van der Waals surface area (Å²) in [7, 11) is 1.53. The van der Waals surface area contributed by atoms with Gasteiger partial charge in [-0.25, -0.2) is 9.89 Å². The number of aromatic amines is 2. The molecule has 8 heteroatoms. The monoisotopic (exact) mass is 336 g/mol. The maximum Gasteiger partial charge on any atom is 0.340 e. The molecule has 1 unspecified atom stereocenters. The first-order valence-electron chi connectivity index (χ1n) is 7.35. The number of carbonyl (C=O) groups excluding carboxylic acids is 1. The van der Waals surface area contributed by atoms with E-state index in [-0.39, 0.29) is 17.5 Å². The molecule has 2 heterocycles. The maximum absolute atomic E-state index is 12.7. The predicted molar refractivity (Wildman–Crippen MR) is 85.1 cm³/mol. The van der Waals surface area contributed by atoms with Gasteiger partial charge in [-0.2, -0.15) is 5.10 Å². The van der Waals surface area contributed by atoms with Gasteiger partial charge in [0, 0.05) is 29.6 Å². The molecule has 0 bridgehead atoms. The molecule has 0 radical (unpaired) electrons. The van der Waals surface area contributed by atoms with E-state index in [2.05, 4.69) is 15.2 Å². The van der Waals surface area contributed by atoms with Crippen molar-refractivity contribution in [2.24, 2.45) is 0 Å². The molecule has 1 atom stereocenters. The summed E-state index contributed by atoms with van der Waals surface area (Å²) in [5.74, 6) is 1.06. The zero-order chi connectivity index (χ0) is 16.4. The number of rotatable bonds is 3. The van der Waals surface area contributed by atoms with Crippen molar-refractivity contribution in [3.8, 4) is 5.75 Å². The molecule has 1 fully saturated rings. The Bertz CT molecular complexity index is 770. The van der Waals surface area contributed by atoms with Crippen LogP contribution in [0.3, 0.4) is 0 Å². The number of amides is 1. The largest absolute Gasteiger partial charge is 0.497 e. The van der Waals surface area contributed by atoms with Crippen LogP contribution in [0.5, 0.6) is 5.75 Å². The quantitative estimate of drug-likeness (QED) is 0.893. The van der Waals surface area contributed by atoms with Crippen molar-refractivity contribution in [3.63, 3.8) is 0 Å². The van der Waals surface area contributed by atoms with Crippen LogP contribution in [0.1, 0.15) is 34.9 Å². The van der Waals surface area contributed by atoms with Crippen LogP contribution in [0.4, 0.5) is 0 Å². The van der Waals surface area contributed by atoms with Crippen LogP contribution >= 0.6 is 11.6 Å². The Balaban J connectivity index is 1.79. The third kappa shape index (κ3) is 3.39. The average molecular weight is 337 g/mol. The first kappa shape index (κ1) is 15.6. The number of likely N-dealkylation sites (tertiary alicyclic amines) is 1. The molecule has 0 spiro atoms. The molecule has 3 rings (SSSR count). The number of methoxy groups -OCH3 is 1. The highest BCUT2D eigenvalue weighted by Gasteiger charge is 2.27. The summed E-state index contributed by atoms with van der Waals surface area (Å²) in [6.45, 7) is 1.17. The van der Waals surface area contributed by atoms with Crippen molar-refractivity contribution in [2.45, 2.75) is 18.8 Å². The zero-order valence-electron chi connectivity index (χ0n) is 12.6. The number of piperidine rings is 1. The van der Waals surface area contributed by atoms with E-state index in [1.54, 1.807) is 23.1 Å². The van der Waals surface area contributed by atoms with Gasteiger partial charge in [0.15, 0.2) is 0 Å². The summed E-state index contributed by atoms with van der Waals surface area (Å²) in [5.41, 5.74) is 0.161. The summed E-state index contributed by atoms with van der Waals surface area (Å²) in [6, 6.07) is 4.96. The zero-order valence-corrected chi connectivity index (χ0v) is 13.4. The summed E-state index contributed by atoms with van der Waals surface area (Å²) in [6.07, 6.45) is 1.73. The van der Waals surface area contributed by atoms with E-state index < -0.39 is 0 Å². The van der Waals surface area contributed by atoms with Crippen LogP contribution in [0.2, 0.25) is 5.02 Å². The summed E-state index contributed by atoms with van der Waals surface area (Å²) < 4.78 is 5.16. The summed E-state index contributed by atoms with van der Waals surface area (Å²) in [4.78, 5) is 28.3. The molecule has 0 saturated carbocycles. The molecule has 7 nitrogen and oxygen atoms in total. The fourth-order valence-electron chi connectivity index (χ4n) is 2.85. The number of H-pyrrole nitrogens is 2. The van der Waals surface area contributed by atoms with Crippen LogP contribution in [0.15, 0.2) is 23.0 Å². The Morgan fingerprint density at radius 1 is 1.43 bits per heavy atom. The number of hydrogen-bond donors (Lipinski definition) is 2. The highest BCUT2D eigenvalue weighted by Crippen LogP contribution is 2.27. The van der Waals surface area contributed by atoms with E-state index in [9.17, 15) is 9.59 Å². The topological polar surface area (TPSA) is 91.1 Å². The third-order valence-corrected chi connectivity index (χ3v) is 4.19. The highest BCUT2D eigenvalue weighted by molar-refractivity contribution is 6.31. The van der Waals surface area contributed by atoms with Crippen LogP contribution < -0.4 is 10.4 Å². The number of aromatic nitrogens is 3. The maximum atomic E-state index is 12.7. The number of hydrogen-bond acceptors (Lipinski definition) is 4. The van der Waals surface area contributed by atoms with Gasteiger partial charge in [0.25, 0.3) is 5.91 Å². The summed E-state index contributed by atoms with van der Waals surface area (Å²) >= 11 is 6.03. The number of carbonyl (C=O) groups is 1. The first-order chi connectivity index (χ1) is 11.1. The fourth-order valence-corrected chi connectivity index (χ4v) is 3.07. The smallest absolute Gasteiger partial charge is 0.340 e. The first-order valence-corrected chi connectivity index (χ1v) is 7.73. The lowest BCUT2D eigenvalue weighted by Crippen LogP contribution is -2.39. The Labute approximate surface area is 137 Å². The van der Waals surface area contributed by atoms with Gasteiger partial charge in [0.2, 0.25) is 0 Å². The molecule has 0 aliphatic carbocycles. The molecular formula is C15H17ClN4O3. The number of halogens is 1. The van der Waals surface area contributed by atoms with Gasteiger partial charge in [-0.3, -0.25) is 9.78 Å². The molecule has 1 aromatic carbocycles. The van der Waals surface area contributed by atoms with Crippen LogP contribution in [-0.4, -0.2) is 46.2 Å². The van der Waals surface area contributed by atoms with Crippen molar-refractivity contribution in [1.29, 1.82) is 0 Å². The molecule has 1 aliphatic heterocycles. The molecule has 1 aliphatic rings. The Morgan fingerprint density at radius 3 is 2.96 bits per heavy atom. The minimum atomic E-state index is -0.331. The number of benzene rings is 1. The SMILES string of the molecule is COc1cc(Cl)cc(C(=O)N2CCCC(c3n[nH]c(=O)[nH]3)C2)c1. The van der Waals surface area contributed by atoms with Crippen molar-refractivity contribution in [3.05, 3.63) is 45.1 Å². The second kappa shape index (κ2) is 6.45. The standard InChI is InChI=1S/C15H17ClN4O3/c1-23-12-6-10(5-11(16)7-12)14(21)20-4-2-3-9(8-20)13-17-15(22)19-18-13/h5-7,9H,2-4,8H2,1H3,(H2,17,18,19,22). The van der Waals surface area contributed by atoms with Crippen molar-refractivity contribution >= 4 is 17.5 Å². The number of nitrogens with zero attached hydrogens (tertiary/aromatic N) is 2. The van der Waals surface area contributed by atoms with Gasteiger partial charge in [-0.15, -0.1) is 0 Å². The highest BCUT2D eigenvalue weighted by atomic mass is 35.5. The average Bonchev–Trinajstić information content (AvgIpc) is 3.00. The minimum absolute atomic E-state index is 0.0210. The second-order valence-corrected chi connectivity index (χ2v) is 5.97. The van der Waals surface area contributed by atoms with Gasteiger partial charge in [-0.05, 0) is 31.0 Å².